The second-order valence-electron chi connectivity index (χ2n) is 16.1. The molecule has 4 fully saturated rings. The Morgan fingerprint density at radius 1 is 0.621 bits per heavy atom. The molecule has 0 atom stereocenters. The summed E-state index contributed by atoms with van der Waals surface area (Å²) in [5.74, 6) is 0.0375. The summed E-state index contributed by atoms with van der Waals surface area (Å²) in [6.45, 7) is 0. The first-order chi connectivity index (χ1) is 27.4. The molecule has 0 aliphatic heterocycles. The van der Waals surface area contributed by atoms with E-state index in [-0.39, 0.29) is 35.2 Å². The van der Waals surface area contributed by atoms with Crippen molar-refractivity contribution < 1.29 is 14.2 Å². The van der Waals surface area contributed by atoms with Gasteiger partial charge in [0.05, 0.1) is 32.0 Å². The van der Waals surface area contributed by atoms with Gasteiger partial charge in [0, 0.05) is 46.8 Å². The van der Waals surface area contributed by atoms with Crippen molar-refractivity contribution in [3.8, 4) is 0 Å². The highest BCUT2D eigenvalue weighted by molar-refractivity contribution is 5.84. The smallest absolute Gasteiger partial charge is 0.304 e. The molecular weight excluding hydrogens is 744 g/mol. The summed E-state index contributed by atoms with van der Waals surface area (Å²) in [6.07, 6.45) is 8.77. The molecule has 0 unspecified atom stereocenters. The summed E-state index contributed by atoms with van der Waals surface area (Å²) in [5.41, 5.74) is 8.71. The number of aromatic amines is 2. The average molecular weight is 789 g/mol. The van der Waals surface area contributed by atoms with Crippen molar-refractivity contribution in [2.24, 2.45) is 16.6 Å². The van der Waals surface area contributed by atoms with Crippen LogP contribution in [0.15, 0.2) is 107 Å². The van der Waals surface area contributed by atoms with Crippen LogP contribution < -0.4 is 22.2 Å². The number of nitrogens with one attached hydrogen (secondary N) is 3. The van der Waals surface area contributed by atoms with E-state index in [1.807, 2.05) is 54.6 Å². The van der Waals surface area contributed by atoms with Gasteiger partial charge in [-0.3, -0.25) is 29.8 Å². The van der Waals surface area contributed by atoms with Crippen LogP contribution in [0.5, 0.6) is 0 Å². The van der Waals surface area contributed by atoms with Gasteiger partial charge in [0.1, 0.15) is 5.69 Å². The molecule has 2 aromatic heterocycles. The summed E-state index contributed by atoms with van der Waals surface area (Å²) in [7, 11) is 0. The lowest BCUT2D eigenvalue weighted by atomic mass is 9.49. The number of hydrogen-bond acceptors (Lipinski definition) is 10. The summed E-state index contributed by atoms with van der Waals surface area (Å²) in [4.78, 5) is 43.8. The number of aromatic nitrogens is 4. The van der Waals surface area contributed by atoms with Gasteiger partial charge in [-0.2, -0.15) is 14.6 Å². The van der Waals surface area contributed by atoms with Crippen LogP contribution in [0, 0.1) is 36.9 Å². The first-order valence-corrected chi connectivity index (χ1v) is 19.0. The molecule has 14 nitrogen and oxygen atoms in total. The van der Waals surface area contributed by atoms with E-state index in [1.54, 1.807) is 12.1 Å². The number of H-pyrrole nitrogens is 2. The molecule has 15 heteroatoms. The van der Waals surface area contributed by atoms with Gasteiger partial charge >= 0.3 is 5.69 Å². The number of halogens is 1. The Bertz CT molecular complexity index is 2600. The van der Waals surface area contributed by atoms with Gasteiger partial charge in [-0.25, -0.2) is 10.2 Å². The Morgan fingerprint density at radius 2 is 1.03 bits per heavy atom. The Hall–Kier alpha value is -6.35. The predicted octanol–water partition coefficient (Wildman–Crippen LogP) is 8.25. The molecule has 4 aliphatic carbocycles. The van der Waals surface area contributed by atoms with Gasteiger partial charge in [0.2, 0.25) is 5.82 Å². The van der Waals surface area contributed by atoms with Crippen LogP contribution in [-0.2, 0) is 0 Å². The quantitative estimate of drug-likeness (QED) is 0.0936. The van der Waals surface area contributed by atoms with Crippen LogP contribution in [0.3, 0.4) is 0 Å². The molecule has 2 heterocycles. The molecule has 0 radical (unpaired) electrons. The number of rotatable bonds is 6. The van der Waals surface area contributed by atoms with Crippen LogP contribution in [0.25, 0.3) is 21.5 Å². The molecule has 6 aromatic rings. The molecule has 4 aliphatic rings. The second kappa shape index (κ2) is 15.9. The van der Waals surface area contributed by atoms with Gasteiger partial charge in [-0.1, -0.05) is 68.1 Å². The average Bonchev–Trinajstić information content (AvgIpc) is 3.15. The van der Waals surface area contributed by atoms with Crippen molar-refractivity contribution in [3.63, 3.8) is 0 Å². The lowest BCUT2D eigenvalue weighted by molar-refractivity contribution is -0.387. The van der Waals surface area contributed by atoms with Crippen molar-refractivity contribution in [2.45, 2.75) is 82.7 Å². The minimum Gasteiger partial charge on any atom is -0.377 e. The molecule has 0 saturated heterocycles. The van der Waals surface area contributed by atoms with Crippen LogP contribution in [0.4, 0.5) is 21.5 Å². The van der Waals surface area contributed by atoms with Gasteiger partial charge in [-0.05, 0) is 86.5 Å². The largest absolute Gasteiger partial charge is 0.377 e. The van der Waals surface area contributed by atoms with Crippen molar-refractivity contribution in [3.05, 3.63) is 155 Å². The van der Waals surface area contributed by atoms with E-state index in [0.717, 1.165) is 78.2 Å². The highest BCUT2D eigenvalue weighted by Crippen LogP contribution is 2.63. The summed E-state index contributed by atoms with van der Waals surface area (Å²) < 4.78 is 12.4. The molecule has 0 bridgehead atoms. The number of anilines is 1. The molecule has 4 aromatic carbocycles. The zero-order valence-electron chi connectivity index (χ0n) is 30.9. The first-order valence-electron chi connectivity index (χ1n) is 19.0. The number of nitrogens with two attached hydrogens (primary N) is 1. The normalized spacial score (nSPS) is 24.9. The maximum atomic E-state index is 12.4. The number of nitro groups is 2. The maximum absolute atomic E-state index is 12.4. The highest BCUT2D eigenvalue weighted by atomic mass is 19.1. The summed E-state index contributed by atoms with van der Waals surface area (Å²) in [5, 5.41) is 41.8. The third-order valence-corrected chi connectivity index (χ3v) is 12.2. The summed E-state index contributed by atoms with van der Waals surface area (Å²) in [6, 6.07) is 27.8. The van der Waals surface area contributed by atoms with Crippen LogP contribution >= 0.6 is 0 Å². The van der Waals surface area contributed by atoms with Crippen LogP contribution in [0.2, 0.25) is 0 Å². The fourth-order valence-corrected chi connectivity index (χ4v) is 9.63. The van der Waals surface area contributed by atoms with Crippen molar-refractivity contribution in [1.29, 1.82) is 0 Å². The molecule has 5 N–H and O–H groups in total. The van der Waals surface area contributed by atoms with Gasteiger partial charge in [0.15, 0.2) is 0 Å². The Balaban J connectivity index is 0.000000147. The standard InChI is InChI=1S/C21H20N4O3.C15H17N3O.C6H4FNO2.CH4/c26-20-16-6-2-1-5-15(16)19(23-24-20)13-9-21(10-13)11-14(12-21)22-17-7-3-4-8-18(17)25(27)28;16-10-7-15(8-10)5-9(6-15)13-11-3-1-2-4-12(11)14(19)18-17-13;7-5-3-1-2-4-6(5)8(9)10;/h1-8,13-14,22H,9-12H2,(H,24,26);1-4,9-10H,5-8,16H2,(H,18,19);1-4H;1H4. The SMILES string of the molecule is C.NC1CC2(C1)CC(c1n[nH]c(=O)c3ccccc13)C2.O=[N+]([O-])c1ccccc1F.O=c1[nH]nc(C2CC3(CC(Nc4ccccc4[N+](=O)[O-])C3)C2)c2ccccc12. The Kier molecular flexibility index (Phi) is 10.9. The zero-order chi connectivity index (χ0) is 39.9. The molecule has 2 spiro atoms. The third kappa shape index (κ3) is 7.69. The van der Waals surface area contributed by atoms with E-state index in [9.17, 15) is 34.2 Å². The lowest BCUT2D eigenvalue weighted by Gasteiger charge is -2.58. The van der Waals surface area contributed by atoms with E-state index < -0.39 is 16.4 Å². The van der Waals surface area contributed by atoms with Crippen molar-refractivity contribution >= 4 is 38.6 Å². The number of para-hydroxylation sites is 3. The van der Waals surface area contributed by atoms with E-state index in [0.29, 0.717) is 39.8 Å². The van der Waals surface area contributed by atoms with E-state index in [2.05, 4.69) is 25.7 Å². The minimum absolute atomic E-state index is 0. The highest BCUT2D eigenvalue weighted by Gasteiger charge is 2.54. The number of fused-ring (bicyclic) bond motifs is 2. The first kappa shape index (κ1) is 39.9. The van der Waals surface area contributed by atoms with Crippen molar-refractivity contribution in [2.75, 3.05) is 5.32 Å². The lowest BCUT2D eigenvalue weighted by Crippen LogP contribution is -2.52. The molecule has 300 valence electrons. The predicted molar refractivity (Wildman–Crippen MR) is 220 cm³/mol. The maximum Gasteiger partial charge on any atom is 0.304 e. The van der Waals surface area contributed by atoms with Gasteiger partial charge < -0.3 is 11.1 Å². The molecule has 58 heavy (non-hydrogen) atoms. The Labute approximate surface area is 332 Å². The summed E-state index contributed by atoms with van der Waals surface area (Å²) >= 11 is 0. The monoisotopic (exact) mass is 788 g/mol. The zero-order valence-corrected chi connectivity index (χ0v) is 30.9. The molecule has 4 saturated carbocycles. The van der Waals surface area contributed by atoms with E-state index in [1.165, 1.54) is 31.0 Å². The Morgan fingerprint density at radius 3 is 1.48 bits per heavy atom. The second-order valence-corrected chi connectivity index (χ2v) is 16.1. The van der Waals surface area contributed by atoms with Crippen molar-refractivity contribution in [1.82, 2.24) is 20.4 Å². The van der Waals surface area contributed by atoms with Gasteiger partial charge in [0.25, 0.3) is 16.8 Å². The fraction of sp³-hybridized carbons (Fsp3) is 0.349. The number of nitrogens with zero attached hydrogens (tertiary/aromatic N) is 4. The van der Waals surface area contributed by atoms with E-state index in [4.69, 9.17) is 5.73 Å². The number of benzene rings is 4. The molecular formula is C43H45FN8O6. The number of nitro benzene ring substituents is 2. The topological polar surface area (TPSA) is 216 Å². The minimum atomic E-state index is -0.799. The van der Waals surface area contributed by atoms with Gasteiger partial charge in [-0.15, -0.1) is 0 Å². The van der Waals surface area contributed by atoms with Crippen LogP contribution in [0.1, 0.15) is 82.0 Å². The molecule has 10 rings (SSSR count). The third-order valence-electron chi connectivity index (χ3n) is 12.2. The number of hydrogen-bond donors (Lipinski definition) is 4. The van der Waals surface area contributed by atoms with E-state index >= 15 is 0 Å². The van der Waals surface area contributed by atoms with Crippen LogP contribution in [-0.4, -0.2) is 42.3 Å². The fourth-order valence-electron chi connectivity index (χ4n) is 9.63. The molecule has 0 amide bonds.